The third-order valence-electron chi connectivity index (χ3n) is 8.11. The average molecular weight is 433 g/mol. The Morgan fingerprint density at radius 2 is 1.84 bits per heavy atom. The van der Waals surface area contributed by atoms with Crippen molar-refractivity contribution in [2.45, 2.75) is 57.4 Å². The van der Waals surface area contributed by atoms with E-state index in [9.17, 15) is 14.7 Å². The summed E-state index contributed by atoms with van der Waals surface area (Å²) in [6, 6.07) is 7.07. The number of amides is 1. The van der Waals surface area contributed by atoms with Crippen molar-refractivity contribution in [3.63, 3.8) is 0 Å². The van der Waals surface area contributed by atoms with E-state index in [-0.39, 0.29) is 16.7 Å². The number of benzene rings is 1. The van der Waals surface area contributed by atoms with Gasteiger partial charge in [-0.3, -0.25) is 14.9 Å². The van der Waals surface area contributed by atoms with Crippen LogP contribution < -0.4 is 10.9 Å². The van der Waals surface area contributed by atoms with Crippen LogP contribution in [-0.2, 0) is 12.0 Å². The number of anilines is 1. The van der Waals surface area contributed by atoms with Gasteiger partial charge in [-0.25, -0.2) is 4.98 Å². The molecule has 4 aliphatic carbocycles. The van der Waals surface area contributed by atoms with Crippen molar-refractivity contribution in [3.8, 4) is 5.75 Å². The standard InChI is InChI=1S/C25H28N4O3/c1-2-29-18-6-4-3-5-17(18)21(30)20(23(29)32)22(31)28-24-26-13-19(27-24)25-10-14-7-15(11-25)9-16(8-14)12-25/h3-6,13-16,30H,2,7-12H2,1H3,(H2,26,27,28,31). The zero-order chi connectivity index (χ0) is 22.0. The molecule has 4 saturated carbocycles. The van der Waals surface area contributed by atoms with E-state index in [0.717, 1.165) is 23.4 Å². The maximum Gasteiger partial charge on any atom is 0.267 e. The van der Waals surface area contributed by atoms with Gasteiger partial charge in [0.25, 0.3) is 11.5 Å². The monoisotopic (exact) mass is 432 g/mol. The van der Waals surface area contributed by atoms with Gasteiger partial charge in [0, 0.05) is 23.0 Å². The van der Waals surface area contributed by atoms with Crippen LogP contribution in [0.1, 0.15) is 61.5 Å². The number of nitrogens with zero attached hydrogens (tertiary/aromatic N) is 2. The first-order valence-corrected chi connectivity index (χ1v) is 11.7. The Kier molecular flexibility index (Phi) is 4.26. The Balaban J connectivity index is 1.32. The minimum absolute atomic E-state index is 0.144. The fraction of sp³-hybridized carbons (Fsp3) is 0.480. The lowest BCUT2D eigenvalue weighted by Gasteiger charge is -2.56. The molecular weight excluding hydrogens is 404 g/mol. The van der Waals surface area contributed by atoms with Gasteiger partial charge in [-0.15, -0.1) is 0 Å². The molecule has 7 rings (SSSR count). The van der Waals surface area contributed by atoms with Gasteiger partial charge in [0.1, 0.15) is 11.3 Å². The van der Waals surface area contributed by atoms with E-state index < -0.39 is 11.5 Å². The highest BCUT2D eigenvalue weighted by Gasteiger charge is 2.52. The Morgan fingerprint density at radius 1 is 1.19 bits per heavy atom. The Hall–Kier alpha value is -3.09. The van der Waals surface area contributed by atoms with Crippen LogP contribution in [0.15, 0.2) is 35.3 Å². The number of rotatable bonds is 4. The molecule has 0 aliphatic heterocycles. The number of aromatic amines is 1. The van der Waals surface area contributed by atoms with Crippen LogP contribution >= 0.6 is 0 Å². The maximum atomic E-state index is 13.1. The lowest BCUT2D eigenvalue weighted by molar-refractivity contribution is -0.00698. The van der Waals surface area contributed by atoms with E-state index in [0.29, 0.717) is 23.4 Å². The molecule has 3 aromatic rings. The quantitative estimate of drug-likeness (QED) is 0.576. The van der Waals surface area contributed by atoms with E-state index in [1.54, 1.807) is 18.2 Å². The number of H-pyrrole nitrogens is 1. The van der Waals surface area contributed by atoms with Gasteiger partial charge in [0.05, 0.1) is 11.7 Å². The summed E-state index contributed by atoms with van der Waals surface area (Å²) in [5, 5.41) is 14.0. The van der Waals surface area contributed by atoms with Crippen LogP contribution in [0.5, 0.6) is 5.75 Å². The Labute approximate surface area is 185 Å². The maximum absolute atomic E-state index is 13.1. The summed E-state index contributed by atoms with van der Waals surface area (Å²) in [5.41, 5.74) is 1.09. The van der Waals surface area contributed by atoms with Crippen LogP contribution in [0.4, 0.5) is 5.95 Å². The first-order valence-electron chi connectivity index (χ1n) is 11.7. The number of fused-ring (bicyclic) bond motifs is 1. The molecule has 3 N–H and O–H groups in total. The van der Waals surface area contributed by atoms with Crippen molar-refractivity contribution in [2.24, 2.45) is 17.8 Å². The lowest BCUT2D eigenvalue weighted by Crippen LogP contribution is -2.48. The van der Waals surface area contributed by atoms with E-state index in [4.69, 9.17) is 0 Å². The molecule has 4 fully saturated rings. The molecule has 1 aromatic carbocycles. The number of para-hydroxylation sites is 1. The minimum Gasteiger partial charge on any atom is -0.506 e. The molecule has 0 atom stereocenters. The minimum atomic E-state index is -0.646. The number of nitrogens with one attached hydrogen (secondary N) is 2. The molecule has 7 nitrogen and oxygen atoms in total. The molecule has 166 valence electrons. The van der Waals surface area contributed by atoms with E-state index in [1.807, 2.05) is 19.2 Å². The lowest BCUT2D eigenvalue weighted by atomic mass is 9.49. The van der Waals surface area contributed by atoms with Gasteiger partial charge in [-0.05, 0) is 75.3 Å². The molecule has 0 saturated heterocycles. The topological polar surface area (TPSA) is 100 Å². The number of aryl methyl sites for hydroxylation is 1. The number of pyridine rings is 1. The first kappa shape index (κ1) is 19.6. The molecular formula is C25H28N4O3. The summed E-state index contributed by atoms with van der Waals surface area (Å²) in [4.78, 5) is 33.9. The molecule has 32 heavy (non-hydrogen) atoms. The summed E-state index contributed by atoms with van der Waals surface area (Å²) in [5.74, 6) is 1.82. The highest BCUT2D eigenvalue weighted by atomic mass is 16.3. The predicted molar refractivity (Wildman–Crippen MR) is 122 cm³/mol. The highest BCUT2D eigenvalue weighted by Crippen LogP contribution is 2.60. The molecule has 4 bridgehead atoms. The third kappa shape index (κ3) is 2.83. The zero-order valence-corrected chi connectivity index (χ0v) is 18.2. The molecule has 0 unspecified atom stereocenters. The van der Waals surface area contributed by atoms with Gasteiger partial charge >= 0.3 is 0 Å². The average Bonchev–Trinajstić information content (AvgIpc) is 3.23. The number of hydrogen-bond donors (Lipinski definition) is 3. The van der Waals surface area contributed by atoms with E-state index in [2.05, 4.69) is 15.3 Å². The summed E-state index contributed by atoms with van der Waals surface area (Å²) < 4.78 is 1.51. The second-order valence-corrected chi connectivity index (χ2v) is 10.1. The van der Waals surface area contributed by atoms with Gasteiger partial charge in [-0.2, -0.15) is 0 Å². The van der Waals surface area contributed by atoms with Gasteiger partial charge < -0.3 is 14.7 Å². The fourth-order valence-electron chi connectivity index (χ4n) is 7.17. The van der Waals surface area contributed by atoms with Gasteiger partial charge in [0.2, 0.25) is 5.95 Å². The summed E-state index contributed by atoms with van der Waals surface area (Å²) in [7, 11) is 0. The summed E-state index contributed by atoms with van der Waals surface area (Å²) >= 11 is 0. The second-order valence-electron chi connectivity index (χ2n) is 10.1. The number of carbonyl (C=O) groups excluding carboxylic acids is 1. The van der Waals surface area contributed by atoms with Crippen molar-refractivity contribution in [1.29, 1.82) is 0 Å². The van der Waals surface area contributed by atoms with Crippen molar-refractivity contribution in [2.75, 3.05) is 5.32 Å². The first-order chi connectivity index (χ1) is 15.5. The molecule has 1 amide bonds. The molecule has 0 spiro atoms. The number of hydrogen-bond acceptors (Lipinski definition) is 4. The molecule has 0 radical (unpaired) electrons. The largest absolute Gasteiger partial charge is 0.506 e. The second kappa shape index (κ2) is 6.95. The third-order valence-corrected chi connectivity index (χ3v) is 8.11. The SMILES string of the molecule is CCn1c(=O)c(C(=O)Nc2ncc(C34CC5CC(CC(C5)C3)C4)[nH]2)c(O)c2ccccc21. The van der Waals surface area contributed by atoms with Crippen LogP contribution in [0, 0.1) is 17.8 Å². The molecule has 4 aliphatic rings. The normalized spacial score (nSPS) is 28.3. The molecule has 7 heteroatoms. The van der Waals surface area contributed by atoms with Gasteiger partial charge in [-0.1, -0.05) is 12.1 Å². The molecule has 2 aromatic heterocycles. The highest BCUT2D eigenvalue weighted by molar-refractivity contribution is 6.08. The van der Waals surface area contributed by atoms with Crippen LogP contribution in [-0.4, -0.2) is 25.5 Å². The predicted octanol–water partition coefficient (Wildman–Crippen LogP) is 4.17. The van der Waals surface area contributed by atoms with Crippen molar-refractivity contribution < 1.29 is 9.90 Å². The fourth-order valence-corrected chi connectivity index (χ4v) is 7.17. The Bertz CT molecular complexity index is 1250. The molecule has 2 heterocycles. The number of aromatic nitrogens is 3. The van der Waals surface area contributed by atoms with E-state index in [1.165, 1.54) is 43.1 Å². The van der Waals surface area contributed by atoms with Crippen LogP contribution in [0.25, 0.3) is 10.9 Å². The van der Waals surface area contributed by atoms with Crippen molar-refractivity contribution in [1.82, 2.24) is 14.5 Å². The number of carbonyl (C=O) groups is 1. The zero-order valence-electron chi connectivity index (χ0n) is 18.2. The van der Waals surface area contributed by atoms with E-state index >= 15 is 0 Å². The van der Waals surface area contributed by atoms with Crippen molar-refractivity contribution >= 4 is 22.8 Å². The number of imidazole rings is 1. The van der Waals surface area contributed by atoms with Crippen molar-refractivity contribution in [3.05, 3.63) is 52.1 Å². The number of aromatic hydroxyl groups is 1. The summed E-state index contributed by atoms with van der Waals surface area (Å²) in [6.45, 7) is 2.24. The Morgan fingerprint density at radius 3 is 2.50 bits per heavy atom. The van der Waals surface area contributed by atoms with Crippen LogP contribution in [0.2, 0.25) is 0 Å². The summed E-state index contributed by atoms with van der Waals surface area (Å²) in [6.07, 6.45) is 9.53. The van der Waals surface area contributed by atoms with Gasteiger partial charge in [0.15, 0.2) is 0 Å². The smallest absolute Gasteiger partial charge is 0.267 e. The van der Waals surface area contributed by atoms with Crippen LogP contribution in [0.3, 0.4) is 0 Å².